The Labute approximate surface area is 157 Å². The van der Waals surface area contributed by atoms with Crippen molar-refractivity contribution in [2.45, 2.75) is 51.7 Å². The van der Waals surface area contributed by atoms with Crippen molar-refractivity contribution in [2.24, 2.45) is 11.8 Å². The van der Waals surface area contributed by atoms with Crippen LogP contribution in [0.3, 0.4) is 0 Å². The summed E-state index contributed by atoms with van der Waals surface area (Å²) in [6, 6.07) is 1.17. The molecule has 2 amide bonds. The third kappa shape index (κ3) is 3.45. The van der Waals surface area contributed by atoms with Crippen LogP contribution in [-0.4, -0.2) is 49.4 Å². The summed E-state index contributed by atoms with van der Waals surface area (Å²) in [7, 11) is 1.69. The fourth-order valence-electron chi connectivity index (χ4n) is 3.97. The third-order valence-corrected chi connectivity index (χ3v) is 5.70. The zero-order valence-electron chi connectivity index (χ0n) is 15.7. The average molecular weight is 371 g/mol. The van der Waals surface area contributed by atoms with Crippen molar-refractivity contribution in [3.05, 3.63) is 24.4 Å². The van der Waals surface area contributed by atoms with Gasteiger partial charge in [0.05, 0.1) is 6.20 Å². The molecule has 3 heterocycles. The van der Waals surface area contributed by atoms with Crippen LogP contribution < -0.4 is 10.2 Å². The normalized spacial score (nSPS) is 24.9. The van der Waals surface area contributed by atoms with E-state index >= 15 is 0 Å². The van der Waals surface area contributed by atoms with Gasteiger partial charge in [0.25, 0.3) is 11.8 Å². The maximum Gasteiger partial charge on any atom is 0.291 e. The zero-order chi connectivity index (χ0) is 19.0. The number of nitrogens with one attached hydrogen (secondary N) is 1. The number of anilines is 1. The van der Waals surface area contributed by atoms with Gasteiger partial charge in [0.1, 0.15) is 18.2 Å². The Kier molecular flexibility index (Phi) is 4.67. The molecular formula is C18H25N7O2. The summed E-state index contributed by atoms with van der Waals surface area (Å²) in [6.07, 6.45) is 7.41. The van der Waals surface area contributed by atoms with E-state index in [1.54, 1.807) is 35.0 Å². The van der Waals surface area contributed by atoms with E-state index < -0.39 is 11.9 Å². The van der Waals surface area contributed by atoms with Crippen molar-refractivity contribution >= 4 is 17.6 Å². The molecule has 2 aromatic rings. The van der Waals surface area contributed by atoms with Crippen LogP contribution in [0.25, 0.3) is 0 Å². The maximum atomic E-state index is 12.7. The molecule has 0 saturated heterocycles. The van der Waals surface area contributed by atoms with Crippen molar-refractivity contribution in [1.82, 2.24) is 29.9 Å². The van der Waals surface area contributed by atoms with Gasteiger partial charge in [-0.15, -0.1) is 5.10 Å². The van der Waals surface area contributed by atoms with Crippen molar-refractivity contribution < 1.29 is 9.59 Å². The monoisotopic (exact) mass is 371 g/mol. The van der Waals surface area contributed by atoms with Gasteiger partial charge in [0, 0.05) is 26.2 Å². The molecule has 0 aromatic carbocycles. The molecule has 144 valence electrons. The molecule has 0 bridgehead atoms. The number of fused-ring (bicyclic) bond motifs is 1. The first-order valence-electron chi connectivity index (χ1n) is 9.54. The first-order chi connectivity index (χ1) is 13.0. The van der Waals surface area contributed by atoms with Crippen molar-refractivity contribution in [3.63, 3.8) is 0 Å². The van der Waals surface area contributed by atoms with Crippen LogP contribution in [-0.2, 0) is 17.9 Å². The molecule has 1 aliphatic carbocycles. The average Bonchev–Trinajstić information content (AvgIpc) is 3.27. The van der Waals surface area contributed by atoms with Crippen LogP contribution in [0.15, 0.2) is 18.6 Å². The molecule has 27 heavy (non-hydrogen) atoms. The number of carbonyl (C=O) groups is 2. The van der Waals surface area contributed by atoms with E-state index in [2.05, 4.69) is 27.4 Å². The van der Waals surface area contributed by atoms with E-state index in [1.807, 2.05) is 0 Å². The van der Waals surface area contributed by atoms with E-state index in [-0.39, 0.29) is 11.7 Å². The van der Waals surface area contributed by atoms with Crippen LogP contribution in [0.1, 0.15) is 43.2 Å². The summed E-state index contributed by atoms with van der Waals surface area (Å²) in [5, 5.41) is 11.3. The molecule has 1 saturated carbocycles. The fraction of sp³-hybridized carbons (Fsp3) is 0.611. The van der Waals surface area contributed by atoms with Gasteiger partial charge in [0.2, 0.25) is 5.82 Å². The predicted octanol–water partition coefficient (Wildman–Crippen LogP) is 1.08. The van der Waals surface area contributed by atoms with E-state index in [1.165, 1.54) is 24.2 Å². The van der Waals surface area contributed by atoms with Crippen LogP contribution in [0, 0.1) is 11.8 Å². The molecule has 9 heteroatoms. The number of carbonyl (C=O) groups excluding carboxylic acids is 2. The Balaban J connectivity index is 1.36. The second-order valence-corrected chi connectivity index (χ2v) is 7.53. The summed E-state index contributed by atoms with van der Waals surface area (Å²) in [5.74, 6) is 1.70. The Morgan fingerprint density at radius 1 is 1.33 bits per heavy atom. The lowest BCUT2D eigenvalue weighted by Gasteiger charge is -2.34. The fourth-order valence-corrected chi connectivity index (χ4v) is 3.97. The number of nitrogens with zero attached hydrogens (tertiary/aromatic N) is 6. The minimum atomic E-state index is -0.618. The van der Waals surface area contributed by atoms with Crippen LogP contribution in [0.4, 0.5) is 5.82 Å². The molecule has 0 radical (unpaired) electrons. The number of aromatic nitrogens is 5. The highest BCUT2D eigenvalue weighted by atomic mass is 16.2. The van der Waals surface area contributed by atoms with Gasteiger partial charge in [0.15, 0.2) is 0 Å². The minimum absolute atomic E-state index is 0.110. The minimum Gasteiger partial charge on any atom is -0.337 e. The van der Waals surface area contributed by atoms with Gasteiger partial charge >= 0.3 is 0 Å². The maximum absolute atomic E-state index is 12.7. The molecule has 9 nitrogen and oxygen atoms in total. The number of likely N-dealkylation sites (N-methyl/N-ethyl adjacent to an activating group) is 1. The largest absolute Gasteiger partial charge is 0.337 e. The molecule has 1 aliphatic heterocycles. The van der Waals surface area contributed by atoms with E-state index in [0.29, 0.717) is 18.9 Å². The van der Waals surface area contributed by atoms with Crippen molar-refractivity contribution in [3.8, 4) is 0 Å². The number of rotatable bonds is 5. The molecule has 4 rings (SSSR count). The van der Waals surface area contributed by atoms with Crippen LogP contribution >= 0.6 is 0 Å². The molecule has 1 fully saturated rings. The molecule has 0 unspecified atom stereocenters. The topological polar surface area (TPSA) is 97.9 Å². The van der Waals surface area contributed by atoms with E-state index in [0.717, 1.165) is 18.3 Å². The second kappa shape index (κ2) is 7.13. The first-order valence-corrected chi connectivity index (χ1v) is 9.54. The summed E-state index contributed by atoms with van der Waals surface area (Å²) in [4.78, 5) is 30.8. The Bertz CT molecular complexity index is 836. The van der Waals surface area contributed by atoms with Crippen LogP contribution in [0.5, 0.6) is 0 Å². The summed E-state index contributed by atoms with van der Waals surface area (Å²) >= 11 is 0. The summed E-state index contributed by atoms with van der Waals surface area (Å²) in [5.41, 5.74) is 0. The molecule has 2 aromatic heterocycles. The highest BCUT2D eigenvalue weighted by Crippen LogP contribution is 2.36. The highest BCUT2D eigenvalue weighted by Gasteiger charge is 2.31. The molecule has 0 spiro atoms. The van der Waals surface area contributed by atoms with Gasteiger partial charge in [-0.2, -0.15) is 5.10 Å². The smallest absolute Gasteiger partial charge is 0.291 e. The Morgan fingerprint density at radius 3 is 2.93 bits per heavy atom. The lowest BCUT2D eigenvalue weighted by molar-refractivity contribution is -0.120. The number of hydrogen-bond acceptors (Lipinski definition) is 5. The molecule has 2 aliphatic rings. The SMILES string of the molecule is CC[C@H]1C[C@@H](Cn2cnc(C(=O)N[C@H]3CCn4nccc4N(C)C3=O)n2)C1. The van der Waals surface area contributed by atoms with Crippen molar-refractivity contribution in [2.75, 3.05) is 11.9 Å². The lowest BCUT2D eigenvalue weighted by Crippen LogP contribution is -2.47. The first kappa shape index (κ1) is 17.7. The van der Waals surface area contributed by atoms with Crippen molar-refractivity contribution in [1.29, 1.82) is 0 Å². The Morgan fingerprint density at radius 2 is 2.15 bits per heavy atom. The van der Waals surface area contributed by atoms with Gasteiger partial charge < -0.3 is 5.32 Å². The molecule has 1 atom stereocenters. The summed E-state index contributed by atoms with van der Waals surface area (Å²) < 4.78 is 3.50. The molecule has 1 N–H and O–H groups in total. The van der Waals surface area contributed by atoms with Gasteiger partial charge in [-0.05, 0) is 31.1 Å². The van der Waals surface area contributed by atoms with Gasteiger partial charge in [-0.3, -0.25) is 19.2 Å². The predicted molar refractivity (Wildman–Crippen MR) is 98.0 cm³/mol. The standard InChI is InChI=1S/C18H25N7O2/c1-3-12-8-13(9-12)10-24-11-19-16(22-24)17(26)21-14-5-7-25-15(4-6-20-25)23(2)18(14)27/h4,6,11-14H,3,5,7-10H2,1-2H3,(H,21,26)/t12-,13+,14-/m0/s1. The van der Waals surface area contributed by atoms with E-state index in [4.69, 9.17) is 0 Å². The Hall–Kier alpha value is -2.71. The number of hydrogen-bond donors (Lipinski definition) is 1. The van der Waals surface area contributed by atoms with Crippen LogP contribution in [0.2, 0.25) is 0 Å². The van der Waals surface area contributed by atoms with Gasteiger partial charge in [-0.25, -0.2) is 9.67 Å². The number of aryl methyl sites for hydroxylation is 1. The lowest BCUT2D eigenvalue weighted by atomic mass is 9.74. The van der Waals surface area contributed by atoms with E-state index in [9.17, 15) is 9.59 Å². The molecular weight excluding hydrogens is 346 g/mol. The summed E-state index contributed by atoms with van der Waals surface area (Å²) in [6.45, 7) is 3.58. The number of amides is 2. The zero-order valence-corrected chi connectivity index (χ0v) is 15.7. The quantitative estimate of drug-likeness (QED) is 0.848. The second-order valence-electron chi connectivity index (χ2n) is 7.53. The van der Waals surface area contributed by atoms with Gasteiger partial charge in [-0.1, -0.05) is 13.3 Å². The third-order valence-electron chi connectivity index (χ3n) is 5.70. The highest BCUT2D eigenvalue weighted by molar-refractivity contribution is 6.00.